The third kappa shape index (κ3) is 5.54. The van der Waals surface area contributed by atoms with Crippen molar-refractivity contribution >= 4 is 31.4 Å². The second-order valence-electron chi connectivity index (χ2n) is 9.34. The van der Waals surface area contributed by atoms with Gasteiger partial charge < -0.3 is 9.64 Å². The Kier molecular flexibility index (Phi) is 8.36. The van der Waals surface area contributed by atoms with Gasteiger partial charge in [-0.3, -0.25) is 4.55 Å². The lowest BCUT2D eigenvalue weighted by molar-refractivity contribution is -0.519. The second kappa shape index (κ2) is 11.2. The van der Waals surface area contributed by atoms with Crippen LogP contribution in [0.25, 0.3) is 5.57 Å². The molecule has 0 fully saturated rings. The van der Waals surface area contributed by atoms with Crippen molar-refractivity contribution in [1.82, 2.24) is 9.62 Å². The monoisotopic (exact) mass is 574 g/mol. The van der Waals surface area contributed by atoms with E-state index in [4.69, 9.17) is 4.74 Å². The van der Waals surface area contributed by atoms with E-state index in [0.717, 1.165) is 49.2 Å². The molecule has 0 radical (unpaired) electrons. The van der Waals surface area contributed by atoms with Gasteiger partial charge >= 0.3 is 0 Å². The highest BCUT2D eigenvalue weighted by Crippen LogP contribution is 2.46. The smallest absolute Gasteiger partial charge is 0.294 e. The van der Waals surface area contributed by atoms with E-state index in [9.17, 15) is 21.4 Å². The molecule has 210 valence electrons. The number of benzene rings is 1. The molecule has 0 saturated heterocycles. The molecule has 2 unspecified atom stereocenters. The Morgan fingerprint density at radius 1 is 1.03 bits per heavy atom. The molecule has 0 aromatic heterocycles. The molecule has 1 aromatic rings. The second-order valence-corrected chi connectivity index (χ2v) is 12.6. The zero-order valence-electron chi connectivity index (χ0n) is 22.9. The Morgan fingerprint density at radius 2 is 1.72 bits per heavy atom. The lowest BCUT2D eigenvalue weighted by atomic mass is 9.78. The highest BCUT2D eigenvalue weighted by molar-refractivity contribution is 7.89. The lowest BCUT2D eigenvalue weighted by Gasteiger charge is -2.38. The fourth-order valence-electron chi connectivity index (χ4n) is 5.29. The van der Waals surface area contributed by atoms with Gasteiger partial charge in [0.1, 0.15) is 25.0 Å². The summed E-state index contributed by atoms with van der Waals surface area (Å²) in [6.07, 6.45) is 11.6. The van der Waals surface area contributed by atoms with E-state index in [1.165, 1.54) is 19.2 Å². The minimum Gasteiger partial charge on any atom is -0.484 e. The average molecular weight is 575 g/mol. The van der Waals surface area contributed by atoms with E-state index in [2.05, 4.69) is 48.0 Å². The summed E-state index contributed by atoms with van der Waals surface area (Å²) in [5.74, 6) is 0.284. The number of nitrogens with one attached hydrogen (secondary N) is 1. The molecule has 3 aliphatic rings. The van der Waals surface area contributed by atoms with Crippen molar-refractivity contribution in [2.45, 2.75) is 43.6 Å². The Morgan fingerprint density at radius 3 is 2.31 bits per heavy atom. The van der Waals surface area contributed by atoms with Gasteiger partial charge in [-0.25, -0.2) is 17.7 Å². The van der Waals surface area contributed by atoms with Crippen LogP contribution in [0.15, 0.2) is 81.5 Å². The van der Waals surface area contributed by atoms with Crippen molar-refractivity contribution in [3.8, 4) is 0 Å². The highest BCUT2D eigenvalue weighted by Gasteiger charge is 2.39. The number of ether oxygens (including phenoxy) is 1. The first kappa shape index (κ1) is 29.0. The lowest BCUT2D eigenvalue weighted by Crippen LogP contribution is -2.34. The van der Waals surface area contributed by atoms with Crippen molar-refractivity contribution in [2.75, 3.05) is 33.2 Å². The first-order chi connectivity index (χ1) is 18.5. The highest BCUT2D eigenvalue weighted by atomic mass is 32.2. The van der Waals surface area contributed by atoms with E-state index < -0.39 is 31.1 Å². The van der Waals surface area contributed by atoms with Gasteiger partial charge in [-0.05, 0) is 76.2 Å². The third-order valence-corrected chi connectivity index (χ3v) is 9.68. The van der Waals surface area contributed by atoms with Crippen LogP contribution in [0.5, 0.6) is 0 Å². The molecule has 2 atom stereocenters. The fourth-order valence-corrected chi connectivity index (χ4v) is 6.84. The van der Waals surface area contributed by atoms with Gasteiger partial charge in [0.2, 0.25) is 15.7 Å². The topological polar surface area (TPSA) is 116 Å². The van der Waals surface area contributed by atoms with E-state index >= 15 is 0 Å². The maximum atomic E-state index is 13.2. The molecule has 0 spiro atoms. The summed E-state index contributed by atoms with van der Waals surface area (Å²) in [4.78, 5) is 1.49. The number of hydrogen-bond donors (Lipinski definition) is 2. The van der Waals surface area contributed by atoms with Crippen LogP contribution in [0.1, 0.15) is 33.3 Å². The molecule has 0 bridgehead atoms. The molecular formula is C28H36N3O6S2+. The van der Waals surface area contributed by atoms with Gasteiger partial charge in [0.15, 0.2) is 0 Å². The zero-order valence-corrected chi connectivity index (χ0v) is 24.5. The van der Waals surface area contributed by atoms with Crippen LogP contribution >= 0.6 is 0 Å². The van der Waals surface area contributed by atoms with Crippen LogP contribution in [-0.2, 0) is 24.9 Å². The minimum atomic E-state index is -4.63. The van der Waals surface area contributed by atoms with E-state index in [0.29, 0.717) is 16.9 Å². The van der Waals surface area contributed by atoms with Crippen molar-refractivity contribution in [1.29, 1.82) is 0 Å². The molecule has 39 heavy (non-hydrogen) atoms. The minimum absolute atomic E-state index is 0.235. The Hall–Kier alpha value is -2.99. The third-order valence-electron chi connectivity index (χ3n) is 7.37. The number of sulfonamides is 1. The Bertz CT molecular complexity index is 1550. The molecule has 1 aliphatic heterocycles. The number of allylic oxidation sites excluding steroid dienone is 4. The average Bonchev–Trinajstić information content (AvgIpc) is 2.92. The summed E-state index contributed by atoms with van der Waals surface area (Å²) < 4.78 is 70.9. The molecule has 11 heteroatoms. The number of rotatable bonds is 9. The molecule has 1 aromatic carbocycles. The van der Waals surface area contributed by atoms with Crippen LogP contribution in [0, 0.1) is 5.92 Å². The van der Waals surface area contributed by atoms with Gasteiger partial charge in [0.25, 0.3) is 10.1 Å². The van der Waals surface area contributed by atoms with Crippen molar-refractivity contribution in [2.24, 2.45) is 5.92 Å². The summed E-state index contributed by atoms with van der Waals surface area (Å²) in [6.45, 7) is 11.6. The summed E-state index contributed by atoms with van der Waals surface area (Å²) in [7, 11) is -7.47. The van der Waals surface area contributed by atoms with Crippen LogP contribution in [0.2, 0.25) is 0 Å². The number of nitrogens with zero attached hydrogens (tertiary/aromatic N) is 2. The summed E-state index contributed by atoms with van der Waals surface area (Å²) in [5.41, 5.74) is 3.78. The van der Waals surface area contributed by atoms with Crippen LogP contribution < -0.4 is 4.72 Å². The maximum absolute atomic E-state index is 13.2. The summed E-state index contributed by atoms with van der Waals surface area (Å²) in [5, 5.41) is 0. The Balaban J connectivity index is 2.01. The van der Waals surface area contributed by atoms with Gasteiger partial charge in [-0.15, -0.1) is 0 Å². The number of hydrogen-bond acceptors (Lipinski definition) is 6. The standard InChI is InChI=1S/C28H35N3O6S2/c1-6-30(7-2)19-10-13-22-25(16-19)37-26-17-20(31(8-3)9-4)11-14-23(26)28(22)24-15-12-21(39(34,35)36)18-27(24)38(32,33)29-5/h10-18,22,25,29H,6-9H2,1-5H3/p+1. The Labute approximate surface area is 231 Å². The van der Waals surface area contributed by atoms with Crippen LogP contribution in [-0.4, -0.2) is 75.9 Å². The fraction of sp³-hybridized carbons (Fsp3) is 0.393. The van der Waals surface area contributed by atoms with Crippen molar-refractivity contribution in [3.63, 3.8) is 0 Å². The quantitative estimate of drug-likeness (QED) is 0.343. The summed E-state index contributed by atoms with van der Waals surface area (Å²) >= 11 is 0. The first-order valence-corrected chi connectivity index (χ1v) is 16.0. The molecule has 9 nitrogen and oxygen atoms in total. The SMILES string of the molecule is CCN(CC)C1=CC2OC3=CC(=[N+](CC)CC)C=CC3=C(c3ccc(S(=O)(=O)O)cc3S(=O)(=O)NC)C2C=C1. The van der Waals surface area contributed by atoms with Gasteiger partial charge in [-0.2, -0.15) is 8.42 Å². The van der Waals surface area contributed by atoms with Gasteiger partial charge in [-0.1, -0.05) is 12.1 Å². The predicted molar refractivity (Wildman–Crippen MR) is 152 cm³/mol. The molecule has 2 aliphatic carbocycles. The molecule has 4 rings (SSSR count). The van der Waals surface area contributed by atoms with Crippen molar-refractivity contribution in [3.05, 3.63) is 77.2 Å². The van der Waals surface area contributed by atoms with Crippen molar-refractivity contribution < 1.29 is 30.7 Å². The van der Waals surface area contributed by atoms with E-state index in [1.807, 2.05) is 30.4 Å². The zero-order chi connectivity index (χ0) is 28.5. The molecule has 0 saturated carbocycles. The van der Waals surface area contributed by atoms with E-state index in [1.54, 1.807) is 0 Å². The van der Waals surface area contributed by atoms with Gasteiger partial charge in [0.05, 0.1) is 15.9 Å². The predicted octanol–water partition coefficient (Wildman–Crippen LogP) is 3.35. The molecule has 0 amide bonds. The van der Waals surface area contributed by atoms with Gasteiger partial charge in [0, 0.05) is 36.4 Å². The largest absolute Gasteiger partial charge is 0.484 e. The maximum Gasteiger partial charge on any atom is 0.294 e. The molecule has 2 N–H and O–H groups in total. The number of likely N-dealkylation sites (N-methyl/N-ethyl adjacent to an activating group) is 1. The normalized spacial score (nSPS) is 20.6. The summed E-state index contributed by atoms with van der Waals surface area (Å²) in [6, 6.07) is 3.68. The van der Waals surface area contributed by atoms with E-state index in [-0.39, 0.29) is 10.8 Å². The van der Waals surface area contributed by atoms with Crippen LogP contribution in [0.4, 0.5) is 0 Å². The van der Waals surface area contributed by atoms with Crippen LogP contribution in [0.3, 0.4) is 0 Å². The number of fused-ring (bicyclic) bond motifs is 2. The molecular weight excluding hydrogens is 538 g/mol. The molecule has 1 heterocycles. The first-order valence-electron chi connectivity index (χ1n) is 13.1.